The zero-order chi connectivity index (χ0) is 18.3. The molecule has 3 atom stereocenters. The maximum Gasteiger partial charge on any atom is 0.243 e. The normalized spacial score (nSPS) is 20.0. The van der Waals surface area contributed by atoms with Crippen LogP contribution in [0.5, 0.6) is 0 Å². The summed E-state index contributed by atoms with van der Waals surface area (Å²) in [5.74, 6) is -1.25. The number of primary amides is 1. The van der Waals surface area contributed by atoms with Crippen molar-refractivity contribution in [1.29, 1.82) is 0 Å². The van der Waals surface area contributed by atoms with Crippen LogP contribution in [0.3, 0.4) is 0 Å². The van der Waals surface area contributed by atoms with Gasteiger partial charge in [-0.2, -0.15) is 0 Å². The maximum absolute atomic E-state index is 12.5. The molecule has 1 heterocycles. The minimum Gasteiger partial charge on any atom is -0.368 e. The average Bonchev–Trinajstić information content (AvgIpc) is 3.00. The van der Waals surface area contributed by atoms with E-state index in [1.165, 1.54) is 4.90 Å². The van der Waals surface area contributed by atoms with Gasteiger partial charge in [0.25, 0.3) is 0 Å². The van der Waals surface area contributed by atoms with Crippen molar-refractivity contribution in [1.82, 2.24) is 10.2 Å². The van der Waals surface area contributed by atoms with E-state index in [4.69, 9.17) is 17.2 Å². The van der Waals surface area contributed by atoms with Crippen LogP contribution in [0, 0.1) is 5.92 Å². The van der Waals surface area contributed by atoms with Gasteiger partial charge in [0.1, 0.15) is 12.1 Å². The fraction of sp³-hybridized carbons (Fsp3) is 0.812. The summed E-state index contributed by atoms with van der Waals surface area (Å²) in [4.78, 5) is 38.0. The largest absolute Gasteiger partial charge is 0.368 e. The van der Waals surface area contributed by atoms with E-state index in [0.29, 0.717) is 25.9 Å². The zero-order valence-electron chi connectivity index (χ0n) is 14.7. The van der Waals surface area contributed by atoms with Crippen LogP contribution >= 0.6 is 0 Å². The summed E-state index contributed by atoms with van der Waals surface area (Å²) in [7, 11) is 0. The molecule has 138 valence electrons. The molecule has 1 rings (SSSR count). The molecule has 1 fully saturated rings. The van der Waals surface area contributed by atoms with E-state index in [0.717, 1.165) is 19.3 Å². The molecule has 0 aliphatic carbocycles. The molecule has 0 bridgehead atoms. The van der Waals surface area contributed by atoms with Crippen molar-refractivity contribution >= 4 is 17.7 Å². The summed E-state index contributed by atoms with van der Waals surface area (Å²) in [6.45, 7) is 4.69. The molecule has 1 saturated heterocycles. The van der Waals surface area contributed by atoms with Crippen LogP contribution in [0.25, 0.3) is 0 Å². The third kappa shape index (κ3) is 5.45. The third-order valence-corrected chi connectivity index (χ3v) is 4.40. The smallest absolute Gasteiger partial charge is 0.243 e. The van der Waals surface area contributed by atoms with Crippen LogP contribution in [0.15, 0.2) is 0 Å². The molecule has 0 aromatic rings. The predicted octanol–water partition coefficient (Wildman–Crippen LogP) is -0.940. The number of nitrogens with two attached hydrogens (primary N) is 3. The first-order valence-electron chi connectivity index (χ1n) is 8.65. The number of carbonyl (C=O) groups is 3. The quantitative estimate of drug-likeness (QED) is 0.400. The van der Waals surface area contributed by atoms with Crippen molar-refractivity contribution in [2.75, 3.05) is 13.1 Å². The van der Waals surface area contributed by atoms with E-state index in [2.05, 4.69) is 5.32 Å². The highest BCUT2D eigenvalue weighted by atomic mass is 16.2. The number of hydrogen-bond donors (Lipinski definition) is 4. The standard InChI is InChI=1S/C16H31N5O3/c1-10(2)13(14(19)22)20-15(23)12-7-5-9-21(12)16(24)11(18)6-3-4-8-17/h10-13H,3-9,17-18H2,1-2H3,(H2,19,22)(H,20,23)/t11-,12+,13+/m1/s1. The summed E-state index contributed by atoms with van der Waals surface area (Å²) >= 11 is 0. The second kappa shape index (κ2) is 9.58. The second-order valence-corrected chi connectivity index (χ2v) is 6.71. The Bertz CT molecular complexity index is 455. The number of likely N-dealkylation sites (tertiary alicyclic amines) is 1. The number of amides is 3. The van der Waals surface area contributed by atoms with Gasteiger partial charge in [-0.15, -0.1) is 0 Å². The van der Waals surface area contributed by atoms with Crippen molar-refractivity contribution in [3.63, 3.8) is 0 Å². The fourth-order valence-corrected chi connectivity index (χ4v) is 2.96. The number of rotatable bonds is 9. The molecule has 0 saturated carbocycles. The van der Waals surface area contributed by atoms with Gasteiger partial charge in [0, 0.05) is 6.54 Å². The molecular formula is C16H31N5O3. The molecule has 3 amide bonds. The van der Waals surface area contributed by atoms with Crippen LogP contribution in [0.4, 0.5) is 0 Å². The Morgan fingerprint density at radius 2 is 1.92 bits per heavy atom. The molecule has 0 aromatic heterocycles. The lowest BCUT2D eigenvalue weighted by molar-refractivity contribution is -0.140. The van der Waals surface area contributed by atoms with Crippen LogP contribution in [-0.4, -0.2) is 53.8 Å². The third-order valence-electron chi connectivity index (χ3n) is 4.40. The van der Waals surface area contributed by atoms with Crippen LogP contribution < -0.4 is 22.5 Å². The van der Waals surface area contributed by atoms with E-state index in [9.17, 15) is 14.4 Å². The Morgan fingerprint density at radius 3 is 2.46 bits per heavy atom. The minimum atomic E-state index is -0.742. The van der Waals surface area contributed by atoms with Gasteiger partial charge in [-0.3, -0.25) is 14.4 Å². The first-order valence-corrected chi connectivity index (χ1v) is 8.65. The van der Waals surface area contributed by atoms with Gasteiger partial charge in [-0.25, -0.2) is 0 Å². The topological polar surface area (TPSA) is 145 Å². The lowest BCUT2D eigenvalue weighted by Gasteiger charge is -2.28. The average molecular weight is 341 g/mol. The Kier molecular flexibility index (Phi) is 8.14. The van der Waals surface area contributed by atoms with Gasteiger partial charge in [0.05, 0.1) is 6.04 Å². The first kappa shape index (κ1) is 20.4. The number of hydrogen-bond acceptors (Lipinski definition) is 5. The maximum atomic E-state index is 12.5. The fourth-order valence-electron chi connectivity index (χ4n) is 2.96. The molecule has 0 unspecified atom stereocenters. The molecule has 0 radical (unpaired) electrons. The summed E-state index contributed by atoms with van der Waals surface area (Å²) in [6, 6.07) is -1.95. The van der Waals surface area contributed by atoms with Gasteiger partial charge in [-0.1, -0.05) is 20.3 Å². The monoisotopic (exact) mass is 341 g/mol. The highest BCUT2D eigenvalue weighted by Crippen LogP contribution is 2.20. The lowest BCUT2D eigenvalue weighted by Crippen LogP contribution is -2.55. The second-order valence-electron chi connectivity index (χ2n) is 6.71. The van der Waals surface area contributed by atoms with Crippen molar-refractivity contribution in [2.45, 2.75) is 64.1 Å². The van der Waals surface area contributed by atoms with Gasteiger partial charge in [-0.05, 0) is 38.1 Å². The van der Waals surface area contributed by atoms with Crippen molar-refractivity contribution in [2.24, 2.45) is 23.1 Å². The molecule has 1 aliphatic rings. The Labute approximate surface area is 143 Å². The van der Waals surface area contributed by atoms with Gasteiger partial charge in [0.15, 0.2) is 0 Å². The zero-order valence-corrected chi connectivity index (χ0v) is 14.7. The molecule has 8 heteroatoms. The molecule has 0 aromatic carbocycles. The lowest BCUT2D eigenvalue weighted by atomic mass is 10.0. The summed E-state index contributed by atoms with van der Waals surface area (Å²) in [5, 5.41) is 2.67. The predicted molar refractivity (Wildman–Crippen MR) is 91.6 cm³/mol. The van der Waals surface area contributed by atoms with Crippen LogP contribution in [-0.2, 0) is 14.4 Å². The molecule has 0 spiro atoms. The van der Waals surface area contributed by atoms with E-state index >= 15 is 0 Å². The Hall–Kier alpha value is -1.67. The van der Waals surface area contributed by atoms with E-state index in [1.54, 1.807) is 13.8 Å². The summed E-state index contributed by atoms with van der Waals surface area (Å²) < 4.78 is 0. The Morgan fingerprint density at radius 1 is 1.25 bits per heavy atom. The molecule has 8 nitrogen and oxygen atoms in total. The van der Waals surface area contributed by atoms with Gasteiger partial charge < -0.3 is 27.4 Å². The number of unbranched alkanes of at least 4 members (excludes halogenated alkanes) is 1. The van der Waals surface area contributed by atoms with Crippen molar-refractivity contribution < 1.29 is 14.4 Å². The number of nitrogens with one attached hydrogen (secondary N) is 1. The van der Waals surface area contributed by atoms with Gasteiger partial charge in [0.2, 0.25) is 17.7 Å². The summed E-state index contributed by atoms with van der Waals surface area (Å²) in [6.07, 6.45) is 3.46. The highest BCUT2D eigenvalue weighted by molar-refractivity contribution is 5.93. The number of carbonyl (C=O) groups excluding carboxylic acids is 3. The first-order chi connectivity index (χ1) is 11.3. The van der Waals surface area contributed by atoms with Crippen LogP contribution in [0.1, 0.15) is 46.0 Å². The SMILES string of the molecule is CC(C)[C@H](NC(=O)[C@@H]1CCCN1C(=O)[C@H](N)CCCCN)C(N)=O. The summed E-state index contributed by atoms with van der Waals surface area (Å²) in [5.41, 5.74) is 16.7. The van der Waals surface area contributed by atoms with E-state index in [1.807, 2.05) is 0 Å². The molecule has 24 heavy (non-hydrogen) atoms. The van der Waals surface area contributed by atoms with Crippen molar-refractivity contribution in [3.8, 4) is 0 Å². The molecule has 1 aliphatic heterocycles. The number of nitrogens with zero attached hydrogens (tertiary/aromatic N) is 1. The van der Waals surface area contributed by atoms with Crippen LogP contribution in [0.2, 0.25) is 0 Å². The minimum absolute atomic E-state index is 0.115. The van der Waals surface area contributed by atoms with E-state index < -0.39 is 24.0 Å². The molecule has 7 N–H and O–H groups in total. The highest BCUT2D eigenvalue weighted by Gasteiger charge is 2.37. The Balaban J connectivity index is 2.68. The van der Waals surface area contributed by atoms with Crippen molar-refractivity contribution in [3.05, 3.63) is 0 Å². The van der Waals surface area contributed by atoms with E-state index in [-0.39, 0.29) is 17.7 Å². The molecular weight excluding hydrogens is 310 g/mol. The van der Waals surface area contributed by atoms with Gasteiger partial charge >= 0.3 is 0 Å².